The van der Waals surface area contributed by atoms with E-state index in [2.05, 4.69) is 62.2 Å². The average Bonchev–Trinajstić information content (AvgIpc) is 2.50. The van der Waals surface area contributed by atoms with Gasteiger partial charge in [0.1, 0.15) is 0 Å². The molecular formula is C9H13Br2NS. The molecule has 1 atom stereocenters. The van der Waals surface area contributed by atoms with Crippen molar-refractivity contribution < 1.29 is 0 Å². The maximum absolute atomic E-state index is 3.54. The minimum atomic E-state index is 0.578. The highest BCUT2D eigenvalue weighted by atomic mass is 79.9. The fraction of sp³-hybridized carbons (Fsp3) is 0.556. The summed E-state index contributed by atoms with van der Waals surface area (Å²) in [4.78, 5) is 3.74. The lowest BCUT2D eigenvalue weighted by atomic mass is 10.3. The van der Waals surface area contributed by atoms with Crippen LogP contribution in [-0.2, 0) is 6.54 Å². The first-order valence-corrected chi connectivity index (χ1v) is 6.92. The van der Waals surface area contributed by atoms with E-state index < -0.39 is 0 Å². The van der Waals surface area contributed by atoms with Crippen molar-refractivity contribution in [3.63, 3.8) is 0 Å². The third-order valence-electron chi connectivity index (χ3n) is 2.06. The monoisotopic (exact) mass is 325 g/mol. The second-order valence-corrected chi connectivity index (χ2v) is 5.61. The predicted molar refractivity (Wildman–Crippen MR) is 66.7 cm³/mol. The zero-order valence-electron chi connectivity index (χ0n) is 7.76. The summed E-state index contributed by atoms with van der Waals surface area (Å²) >= 11 is 8.83. The molecule has 0 aliphatic rings. The Labute approximate surface area is 100 Å². The van der Waals surface area contributed by atoms with E-state index in [4.69, 9.17) is 0 Å². The van der Waals surface area contributed by atoms with Gasteiger partial charge in [-0.2, -0.15) is 0 Å². The molecule has 0 amide bonds. The Balaban J connectivity index is 2.54. The van der Waals surface area contributed by atoms with E-state index in [1.54, 1.807) is 11.3 Å². The van der Waals surface area contributed by atoms with E-state index in [1.807, 2.05) is 0 Å². The number of rotatable bonds is 4. The van der Waals surface area contributed by atoms with Gasteiger partial charge in [0.05, 0.1) is 0 Å². The maximum Gasteiger partial charge on any atom is 0.0339 e. The molecule has 1 aromatic heterocycles. The molecule has 1 aromatic rings. The third-order valence-corrected chi connectivity index (χ3v) is 4.91. The molecule has 74 valence electrons. The van der Waals surface area contributed by atoms with E-state index in [-0.39, 0.29) is 0 Å². The first-order chi connectivity index (χ1) is 6.15. The van der Waals surface area contributed by atoms with Gasteiger partial charge in [-0.1, -0.05) is 15.9 Å². The zero-order valence-corrected chi connectivity index (χ0v) is 11.7. The smallest absolute Gasteiger partial charge is 0.0339 e. The van der Waals surface area contributed by atoms with Crippen molar-refractivity contribution >= 4 is 43.2 Å². The SMILES string of the molecule is CC(CBr)N(C)Cc1sccc1Br. The molecule has 1 nitrogen and oxygen atoms in total. The van der Waals surface area contributed by atoms with Crippen LogP contribution in [0.2, 0.25) is 0 Å². The van der Waals surface area contributed by atoms with Gasteiger partial charge in [-0.3, -0.25) is 4.90 Å². The number of hydrogen-bond acceptors (Lipinski definition) is 2. The third kappa shape index (κ3) is 3.35. The lowest BCUT2D eigenvalue weighted by molar-refractivity contribution is 0.272. The van der Waals surface area contributed by atoms with Gasteiger partial charge >= 0.3 is 0 Å². The van der Waals surface area contributed by atoms with E-state index in [9.17, 15) is 0 Å². The van der Waals surface area contributed by atoms with Gasteiger partial charge in [0, 0.05) is 27.3 Å². The van der Waals surface area contributed by atoms with Crippen molar-refractivity contribution in [2.75, 3.05) is 12.4 Å². The summed E-state index contributed by atoms with van der Waals surface area (Å²) in [5.41, 5.74) is 0. The molecule has 1 rings (SSSR count). The Morgan fingerprint density at radius 1 is 1.62 bits per heavy atom. The van der Waals surface area contributed by atoms with Crippen molar-refractivity contribution in [2.24, 2.45) is 0 Å². The van der Waals surface area contributed by atoms with Crippen molar-refractivity contribution in [1.82, 2.24) is 4.90 Å². The van der Waals surface area contributed by atoms with Crippen molar-refractivity contribution in [3.8, 4) is 0 Å². The van der Waals surface area contributed by atoms with Gasteiger partial charge in [-0.05, 0) is 41.3 Å². The van der Waals surface area contributed by atoms with Crippen molar-refractivity contribution in [3.05, 3.63) is 20.8 Å². The summed E-state index contributed by atoms with van der Waals surface area (Å²) in [6.45, 7) is 3.24. The molecule has 0 bridgehead atoms. The molecule has 0 aromatic carbocycles. The van der Waals surface area contributed by atoms with Crippen LogP contribution in [-0.4, -0.2) is 23.3 Å². The molecule has 1 unspecified atom stereocenters. The summed E-state index contributed by atoms with van der Waals surface area (Å²) < 4.78 is 1.23. The first kappa shape index (κ1) is 11.7. The number of hydrogen-bond donors (Lipinski definition) is 0. The fourth-order valence-corrected chi connectivity index (χ4v) is 2.97. The number of nitrogens with zero attached hydrogens (tertiary/aromatic N) is 1. The molecule has 0 aliphatic heterocycles. The Bertz CT molecular complexity index is 262. The van der Waals surface area contributed by atoms with Gasteiger partial charge in [-0.15, -0.1) is 11.3 Å². The first-order valence-electron chi connectivity index (χ1n) is 4.13. The van der Waals surface area contributed by atoms with Crippen LogP contribution in [0.3, 0.4) is 0 Å². The Hall–Kier alpha value is 0.620. The lowest BCUT2D eigenvalue weighted by Crippen LogP contribution is -2.29. The van der Waals surface area contributed by atoms with Crippen LogP contribution in [0, 0.1) is 0 Å². The van der Waals surface area contributed by atoms with Gasteiger partial charge in [-0.25, -0.2) is 0 Å². The molecule has 0 aliphatic carbocycles. The van der Waals surface area contributed by atoms with E-state index >= 15 is 0 Å². The van der Waals surface area contributed by atoms with Crippen LogP contribution in [0.25, 0.3) is 0 Å². The molecule has 0 fully saturated rings. The van der Waals surface area contributed by atoms with E-state index in [1.165, 1.54) is 9.35 Å². The van der Waals surface area contributed by atoms with E-state index in [0.717, 1.165) is 11.9 Å². The summed E-state index contributed by atoms with van der Waals surface area (Å²) in [7, 11) is 2.15. The highest BCUT2D eigenvalue weighted by Crippen LogP contribution is 2.24. The normalized spacial score (nSPS) is 13.6. The summed E-state index contributed by atoms with van der Waals surface area (Å²) in [5.74, 6) is 0. The van der Waals surface area contributed by atoms with Crippen LogP contribution in [0.15, 0.2) is 15.9 Å². The largest absolute Gasteiger partial charge is 0.298 e. The minimum absolute atomic E-state index is 0.578. The van der Waals surface area contributed by atoms with Crippen LogP contribution in [0.4, 0.5) is 0 Å². The topological polar surface area (TPSA) is 3.24 Å². The molecule has 0 N–H and O–H groups in total. The molecule has 0 spiro atoms. The zero-order chi connectivity index (χ0) is 9.84. The van der Waals surface area contributed by atoms with Gasteiger partial charge in [0.25, 0.3) is 0 Å². The summed E-state index contributed by atoms with van der Waals surface area (Å²) in [5, 5.41) is 3.14. The number of alkyl halides is 1. The quantitative estimate of drug-likeness (QED) is 0.762. The molecule has 0 saturated heterocycles. The highest BCUT2D eigenvalue weighted by molar-refractivity contribution is 9.10. The number of thiophene rings is 1. The molecule has 1 heterocycles. The van der Waals surface area contributed by atoms with Gasteiger partial charge in [0.2, 0.25) is 0 Å². The summed E-state index contributed by atoms with van der Waals surface area (Å²) in [6.07, 6.45) is 0. The van der Waals surface area contributed by atoms with Gasteiger partial charge < -0.3 is 0 Å². The maximum atomic E-state index is 3.54. The Morgan fingerprint density at radius 3 is 2.77 bits per heavy atom. The summed E-state index contributed by atoms with van der Waals surface area (Å²) in [6, 6.07) is 2.68. The standard InChI is InChI=1S/C9H13Br2NS/c1-7(5-10)12(2)6-9-8(11)3-4-13-9/h3-4,7H,5-6H2,1-2H3. The lowest BCUT2D eigenvalue weighted by Gasteiger charge is -2.22. The van der Waals surface area contributed by atoms with Gasteiger partial charge in [0.15, 0.2) is 0 Å². The number of halogens is 2. The fourth-order valence-electron chi connectivity index (χ4n) is 0.938. The minimum Gasteiger partial charge on any atom is -0.298 e. The highest BCUT2D eigenvalue weighted by Gasteiger charge is 2.10. The second kappa shape index (κ2) is 5.49. The Morgan fingerprint density at radius 2 is 2.31 bits per heavy atom. The average molecular weight is 327 g/mol. The molecule has 0 radical (unpaired) electrons. The molecule has 0 saturated carbocycles. The molecule has 4 heteroatoms. The van der Waals surface area contributed by atoms with E-state index in [0.29, 0.717) is 6.04 Å². The molecular weight excluding hydrogens is 314 g/mol. The van der Waals surface area contributed by atoms with Crippen molar-refractivity contribution in [2.45, 2.75) is 19.5 Å². The van der Waals surface area contributed by atoms with Crippen LogP contribution >= 0.6 is 43.2 Å². The molecule has 13 heavy (non-hydrogen) atoms. The Kier molecular flexibility index (Phi) is 4.94. The predicted octanol–water partition coefficient (Wildman–Crippen LogP) is 3.73. The van der Waals surface area contributed by atoms with Crippen LogP contribution in [0.1, 0.15) is 11.8 Å². The van der Waals surface area contributed by atoms with Crippen LogP contribution < -0.4 is 0 Å². The van der Waals surface area contributed by atoms with Crippen molar-refractivity contribution in [1.29, 1.82) is 0 Å². The van der Waals surface area contributed by atoms with Crippen LogP contribution in [0.5, 0.6) is 0 Å². The second-order valence-electron chi connectivity index (χ2n) is 3.11.